The molecule has 4 nitrogen and oxygen atoms in total. The second-order valence-corrected chi connectivity index (χ2v) is 4.91. The van der Waals surface area contributed by atoms with E-state index >= 15 is 0 Å². The number of carbonyl (C=O) groups is 1. The van der Waals surface area contributed by atoms with Crippen LogP contribution in [0.3, 0.4) is 0 Å². The molecule has 19 heavy (non-hydrogen) atoms. The van der Waals surface area contributed by atoms with E-state index in [1.807, 2.05) is 6.92 Å². The van der Waals surface area contributed by atoms with E-state index in [2.05, 4.69) is 5.32 Å². The zero-order chi connectivity index (χ0) is 13.8. The van der Waals surface area contributed by atoms with Crippen molar-refractivity contribution < 1.29 is 13.9 Å². The Morgan fingerprint density at radius 2 is 2.42 bits per heavy atom. The molecule has 104 valence electrons. The molecule has 6 heteroatoms. The first kappa shape index (κ1) is 14.1. The lowest BCUT2D eigenvalue weighted by Crippen LogP contribution is -2.53. The van der Waals surface area contributed by atoms with Crippen LogP contribution >= 0.6 is 11.6 Å². The molecule has 0 aliphatic carbocycles. The summed E-state index contributed by atoms with van der Waals surface area (Å²) in [6.07, 6.45) is 0. The molecule has 1 aromatic rings. The quantitative estimate of drug-likeness (QED) is 0.919. The highest BCUT2D eigenvalue weighted by Crippen LogP contribution is 2.24. The number of hydrogen-bond acceptors (Lipinski definition) is 3. The molecule has 0 spiro atoms. The Morgan fingerprint density at radius 3 is 3.11 bits per heavy atom. The summed E-state index contributed by atoms with van der Waals surface area (Å²) in [7, 11) is 0. The zero-order valence-corrected chi connectivity index (χ0v) is 11.4. The fourth-order valence-corrected chi connectivity index (χ4v) is 2.25. The molecule has 1 aliphatic rings. The normalized spacial score (nSPS) is 19.3. The predicted molar refractivity (Wildman–Crippen MR) is 70.9 cm³/mol. The van der Waals surface area contributed by atoms with Crippen molar-refractivity contribution in [2.24, 2.45) is 0 Å². The molecular weight excluding hydrogens is 271 g/mol. The molecule has 0 unspecified atom stereocenters. The van der Waals surface area contributed by atoms with Crippen LogP contribution in [0.2, 0.25) is 5.02 Å². The summed E-state index contributed by atoms with van der Waals surface area (Å²) in [5.41, 5.74) is 0. The third-order valence-electron chi connectivity index (χ3n) is 3.07. The number of hydrogen-bond donors (Lipinski definition) is 1. The van der Waals surface area contributed by atoms with Crippen molar-refractivity contribution in [2.45, 2.75) is 13.0 Å². The van der Waals surface area contributed by atoms with Gasteiger partial charge in [-0.2, -0.15) is 0 Å². The minimum Gasteiger partial charge on any atom is -0.482 e. The van der Waals surface area contributed by atoms with E-state index in [9.17, 15) is 9.18 Å². The maximum atomic E-state index is 12.9. The van der Waals surface area contributed by atoms with Gasteiger partial charge in [0.25, 0.3) is 5.91 Å². The van der Waals surface area contributed by atoms with Crippen LogP contribution in [-0.4, -0.2) is 43.1 Å². The van der Waals surface area contributed by atoms with Gasteiger partial charge in [-0.25, -0.2) is 4.39 Å². The van der Waals surface area contributed by atoms with Crippen LogP contribution in [0.5, 0.6) is 5.75 Å². The van der Waals surface area contributed by atoms with Gasteiger partial charge in [-0.1, -0.05) is 11.6 Å². The molecule has 0 bridgehead atoms. The number of halogens is 2. The molecule has 1 amide bonds. The molecule has 1 aliphatic heterocycles. The maximum absolute atomic E-state index is 12.9. The summed E-state index contributed by atoms with van der Waals surface area (Å²) in [5, 5.41) is 3.38. The Hall–Kier alpha value is -1.33. The second-order valence-electron chi connectivity index (χ2n) is 4.50. The Balaban J connectivity index is 1.92. The van der Waals surface area contributed by atoms with Gasteiger partial charge in [0.15, 0.2) is 6.61 Å². The van der Waals surface area contributed by atoms with Crippen LogP contribution in [-0.2, 0) is 4.79 Å². The Morgan fingerprint density at radius 1 is 1.63 bits per heavy atom. The predicted octanol–water partition coefficient (Wildman–Crippen LogP) is 1.68. The molecule has 1 saturated heterocycles. The van der Waals surface area contributed by atoms with Crippen molar-refractivity contribution in [2.75, 3.05) is 26.2 Å². The van der Waals surface area contributed by atoms with E-state index < -0.39 is 5.82 Å². The van der Waals surface area contributed by atoms with E-state index in [0.29, 0.717) is 12.3 Å². The van der Waals surface area contributed by atoms with Crippen molar-refractivity contribution in [3.05, 3.63) is 29.0 Å². The first-order valence-electron chi connectivity index (χ1n) is 6.16. The summed E-state index contributed by atoms with van der Waals surface area (Å²) in [5.74, 6) is -0.201. The van der Waals surface area contributed by atoms with Gasteiger partial charge >= 0.3 is 0 Å². The first-order valence-corrected chi connectivity index (χ1v) is 6.54. The molecule has 0 saturated carbocycles. The number of nitrogens with one attached hydrogen (secondary N) is 1. The average molecular weight is 287 g/mol. The highest BCUT2D eigenvalue weighted by atomic mass is 35.5. The summed E-state index contributed by atoms with van der Waals surface area (Å²) in [6, 6.07) is 3.98. The molecule has 1 atom stereocenters. The van der Waals surface area contributed by atoms with Gasteiger partial charge in [-0.15, -0.1) is 0 Å². The Bertz CT molecular complexity index is 470. The summed E-state index contributed by atoms with van der Waals surface area (Å²) in [4.78, 5) is 13.8. The SMILES string of the molecule is C[C@H]1CNCCN1C(=O)COc1ccc(F)cc1Cl. The number of piperazine rings is 1. The highest BCUT2D eigenvalue weighted by Gasteiger charge is 2.23. The standard InChI is InChI=1S/C13H16ClFN2O2/c1-9-7-16-4-5-17(9)13(18)8-19-12-3-2-10(15)6-11(12)14/h2-3,6,9,16H,4-5,7-8H2,1H3/t9-/m0/s1. The van der Waals surface area contributed by atoms with E-state index in [1.165, 1.54) is 12.1 Å². The van der Waals surface area contributed by atoms with E-state index in [0.717, 1.165) is 19.2 Å². The average Bonchev–Trinajstić information content (AvgIpc) is 2.38. The van der Waals surface area contributed by atoms with Gasteiger partial charge < -0.3 is 15.0 Å². The van der Waals surface area contributed by atoms with Gasteiger partial charge in [-0.3, -0.25) is 4.79 Å². The summed E-state index contributed by atoms with van der Waals surface area (Å²) < 4.78 is 18.2. The lowest BCUT2D eigenvalue weighted by Gasteiger charge is -2.33. The number of benzene rings is 1. The van der Waals surface area contributed by atoms with Crippen LogP contribution < -0.4 is 10.1 Å². The molecule has 1 fully saturated rings. The fourth-order valence-electron chi connectivity index (χ4n) is 2.03. The van der Waals surface area contributed by atoms with Crippen molar-refractivity contribution in [1.82, 2.24) is 10.2 Å². The first-order chi connectivity index (χ1) is 9.08. The van der Waals surface area contributed by atoms with Crippen LogP contribution in [0.15, 0.2) is 18.2 Å². The third-order valence-corrected chi connectivity index (χ3v) is 3.36. The molecule has 0 radical (unpaired) electrons. The molecular formula is C13H16ClFN2O2. The Kier molecular flexibility index (Phi) is 4.61. The topological polar surface area (TPSA) is 41.6 Å². The van der Waals surface area contributed by atoms with Crippen molar-refractivity contribution >= 4 is 17.5 Å². The third kappa shape index (κ3) is 3.58. The van der Waals surface area contributed by atoms with E-state index in [1.54, 1.807) is 4.90 Å². The number of nitrogens with zero attached hydrogens (tertiary/aromatic N) is 1. The number of rotatable bonds is 3. The molecule has 1 heterocycles. The molecule has 1 aromatic carbocycles. The van der Waals surface area contributed by atoms with Crippen molar-refractivity contribution in [1.29, 1.82) is 0 Å². The number of carbonyl (C=O) groups excluding carboxylic acids is 1. The van der Waals surface area contributed by atoms with E-state index in [-0.39, 0.29) is 23.6 Å². The monoisotopic (exact) mass is 286 g/mol. The summed E-state index contributed by atoms with van der Waals surface area (Å²) >= 11 is 5.83. The second kappa shape index (κ2) is 6.21. The minimum atomic E-state index is -0.431. The summed E-state index contributed by atoms with van der Waals surface area (Å²) in [6.45, 7) is 4.13. The van der Waals surface area contributed by atoms with Gasteiger partial charge in [0, 0.05) is 25.7 Å². The van der Waals surface area contributed by atoms with Crippen LogP contribution in [0.1, 0.15) is 6.92 Å². The minimum absolute atomic E-state index is 0.0876. The number of ether oxygens (including phenoxy) is 1. The lowest BCUT2D eigenvalue weighted by molar-refractivity contribution is -0.136. The molecule has 1 N–H and O–H groups in total. The van der Waals surface area contributed by atoms with Crippen molar-refractivity contribution in [3.63, 3.8) is 0 Å². The maximum Gasteiger partial charge on any atom is 0.260 e. The van der Waals surface area contributed by atoms with Crippen LogP contribution in [0.25, 0.3) is 0 Å². The molecule has 2 rings (SSSR count). The van der Waals surface area contributed by atoms with E-state index in [4.69, 9.17) is 16.3 Å². The van der Waals surface area contributed by atoms with Gasteiger partial charge in [0.1, 0.15) is 11.6 Å². The molecule has 0 aromatic heterocycles. The highest BCUT2D eigenvalue weighted by molar-refractivity contribution is 6.32. The van der Waals surface area contributed by atoms with Gasteiger partial charge in [0.05, 0.1) is 5.02 Å². The van der Waals surface area contributed by atoms with Crippen LogP contribution in [0, 0.1) is 5.82 Å². The largest absolute Gasteiger partial charge is 0.482 e. The van der Waals surface area contributed by atoms with Gasteiger partial charge in [0.2, 0.25) is 0 Å². The lowest BCUT2D eigenvalue weighted by atomic mass is 10.2. The fraction of sp³-hybridized carbons (Fsp3) is 0.462. The zero-order valence-electron chi connectivity index (χ0n) is 10.7. The van der Waals surface area contributed by atoms with Crippen molar-refractivity contribution in [3.8, 4) is 5.75 Å². The van der Waals surface area contributed by atoms with Gasteiger partial charge in [-0.05, 0) is 25.1 Å². The van der Waals surface area contributed by atoms with Crippen LogP contribution in [0.4, 0.5) is 4.39 Å². The number of amides is 1. The smallest absolute Gasteiger partial charge is 0.260 e. The Labute approximate surface area is 116 Å².